The maximum atomic E-state index is 13.2. The number of carbonyl (C=O) groups is 2. The third kappa shape index (κ3) is 2.68. The van der Waals surface area contributed by atoms with Gasteiger partial charge >= 0.3 is 0 Å². The van der Waals surface area contributed by atoms with Crippen molar-refractivity contribution in [2.45, 2.75) is 13.3 Å². The van der Waals surface area contributed by atoms with Crippen LogP contribution in [0.2, 0.25) is 0 Å². The van der Waals surface area contributed by atoms with Gasteiger partial charge in [-0.3, -0.25) is 9.59 Å². The molecule has 0 saturated carbocycles. The second kappa shape index (κ2) is 5.79. The van der Waals surface area contributed by atoms with Crippen molar-refractivity contribution in [3.63, 3.8) is 0 Å². The van der Waals surface area contributed by atoms with Crippen molar-refractivity contribution in [1.82, 2.24) is 14.8 Å². The Hall–Kier alpha value is -2.37. The monoisotopic (exact) mass is 303 g/mol. The highest BCUT2D eigenvalue weighted by Crippen LogP contribution is 2.18. The van der Waals surface area contributed by atoms with E-state index in [0.717, 1.165) is 5.52 Å². The number of rotatable bonds is 2. The van der Waals surface area contributed by atoms with E-state index in [1.165, 1.54) is 12.1 Å². The molecule has 0 atom stereocenters. The molecule has 1 fully saturated rings. The van der Waals surface area contributed by atoms with E-state index in [4.69, 9.17) is 0 Å². The second-order valence-corrected chi connectivity index (χ2v) is 5.43. The van der Waals surface area contributed by atoms with E-state index in [2.05, 4.69) is 4.98 Å². The molecule has 1 N–H and O–H groups in total. The number of H-pyrrole nitrogens is 1. The van der Waals surface area contributed by atoms with E-state index in [1.807, 2.05) is 6.92 Å². The molecule has 1 saturated heterocycles. The van der Waals surface area contributed by atoms with Crippen molar-refractivity contribution in [3.8, 4) is 0 Å². The quantitative estimate of drug-likeness (QED) is 0.922. The molecule has 2 heterocycles. The van der Waals surface area contributed by atoms with Crippen LogP contribution in [0.4, 0.5) is 4.39 Å². The van der Waals surface area contributed by atoms with Crippen LogP contribution < -0.4 is 0 Å². The van der Waals surface area contributed by atoms with Crippen molar-refractivity contribution >= 4 is 22.7 Å². The van der Waals surface area contributed by atoms with Crippen LogP contribution in [-0.4, -0.2) is 52.8 Å². The van der Waals surface area contributed by atoms with Gasteiger partial charge in [0.2, 0.25) is 5.91 Å². The third-order valence-corrected chi connectivity index (χ3v) is 4.07. The SMILES string of the molecule is CCN1CCN(C(=O)c2cc3cc(F)ccc3[nH]2)CCC1=O. The van der Waals surface area contributed by atoms with Gasteiger partial charge in [-0.15, -0.1) is 0 Å². The molecule has 0 aliphatic carbocycles. The fraction of sp³-hybridized carbons (Fsp3) is 0.375. The fourth-order valence-electron chi connectivity index (χ4n) is 2.79. The minimum Gasteiger partial charge on any atom is -0.351 e. The summed E-state index contributed by atoms with van der Waals surface area (Å²) < 4.78 is 13.2. The summed E-state index contributed by atoms with van der Waals surface area (Å²) >= 11 is 0. The molecule has 1 aromatic heterocycles. The summed E-state index contributed by atoms with van der Waals surface area (Å²) in [5, 5.41) is 0.671. The number of nitrogens with one attached hydrogen (secondary N) is 1. The molecule has 0 radical (unpaired) electrons. The number of nitrogens with zero attached hydrogens (tertiary/aromatic N) is 2. The number of hydrogen-bond donors (Lipinski definition) is 1. The number of fused-ring (bicyclic) bond motifs is 1. The lowest BCUT2D eigenvalue weighted by molar-refractivity contribution is -0.130. The van der Waals surface area contributed by atoms with E-state index in [9.17, 15) is 14.0 Å². The lowest BCUT2D eigenvalue weighted by Crippen LogP contribution is -2.35. The Balaban J connectivity index is 1.81. The number of benzene rings is 1. The molecule has 0 spiro atoms. The van der Waals surface area contributed by atoms with Crippen molar-refractivity contribution in [2.24, 2.45) is 0 Å². The Labute approximate surface area is 127 Å². The zero-order valence-electron chi connectivity index (χ0n) is 12.4. The first kappa shape index (κ1) is 14.6. The van der Waals surface area contributed by atoms with Gasteiger partial charge in [-0.2, -0.15) is 0 Å². The van der Waals surface area contributed by atoms with Gasteiger partial charge in [-0.1, -0.05) is 0 Å². The average Bonchev–Trinajstić information content (AvgIpc) is 2.83. The molecule has 3 rings (SSSR count). The van der Waals surface area contributed by atoms with Gasteiger partial charge in [0.25, 0.3) is 5.91 Å². The number of carbonyl (C=O) groups excluding carboxylic acids is 2. The summed E-state index contributed by atoms with van der Waals surface area (Å²) in [4.78, 5) is 30.9. The molecule has 0 unspecified atom stereocenters. The molecule has 1 aliphatic heterocycles. The Bertz CT molecular complexity index is 725. The molecule has 22 heavy (non-hydrogen) atoms. The molecule has 2 aromatic rings. The smallest absolute Gasteiger partial charge is 0.270 e. The van der Waals surface area contributed by atoms with Gasteiger partial charge in [0.15, 0.2) is 0 Å². The minimum atomic E-state index is -0.329. The number of amides is 2. The van der Waals surface area contributed by atoms with Crippen LogP contribution in [-0.2, 0) is 4.79 Å². The Kier molecular flexibility index (Phi) is 3.83. The summed E-state index contributed by atoms with van der Waals surface area (Å²) in [6.07, 6.45) is 0.342. The van der Waals surface area contributed by atoms with Crippen molar-refractivity contribution in [3.05, 3.63) is 35.8 Å². The largest absolute Gasteiger partial charge is 0.351 e. The van der Waals surface area contributed by atoms with Crippen LogP contribution in [0.5, 0.6) is 0 Å². The summed E-state index contributed by atoms with van der Waals surface area (Å²) in [6.45, 7) is 4.07. The van der Waals surface area contributed by atoms with Crippen molar-refractivity contribution in [1.29, 1.82) is 0 Å². The van der Waals surface area contributed by atoms with Crippen LogP contribution >= 0.6 is 0 Å². The molecule has 0 bridgehead atoms. The highest BCUT2D eigenvalue weighted by atomic mass is 19.1. The Morgan fingerprint density at radius 3 is 2.86 bits per heavy atom. The lowest BCUT2D eigenvalue weighted by atomic mass is 10.2. The number of aromatic amines is 1. The zero-order chi connectivity index (χ0) is 15.7. The number of likely N-dealkylation sites (N-methyl/N-ethyl adjacent to an activating group) is 1. The first-order valence-electron chi connectivity index (χ1n) is 7.44. The topological polar surface area (TPSA) is 56.4 Å². The third-order valence-electron chi connectivity index (χ3n) is 4.07. The van der Waals surface area contributed by atoms with Gasteiger partial charge in [0.1, 0.15) is 11.5 Å². The summed E-state index contributed by atoms with van der Waals surface area (Å²) in [5.41, 5.74) is 1.16. The summed E-state index contributed by atoms with van der Waals surface area (Å²) in [7, 11) is 0. The molecule has 6 heteroatoms. The number of halogens is 1. The second-order valence-electron chi connectivity index (χ2n) is 5.43. The van der Waals surface area contributed by atoms with Crippen LogP contribution in [0.1, 0.15) is 23.8 Å². The number of hydrogen-bond acceptors (Lipinski definition) is 2. The molecule has 2 amide bonds. The van der Waals surface area contributed by atoms with Crippen LogP contribution in [0.15, 0.2) is 24.3 Å². The maximum Gasteiger partial charge on any atom is 0.270 e. The molecular formula is C16H18FN3O2. The highest BCUT2D eigenvalue weighted by molar-refractivity contribution is 5.98. The molecule has 116 valence electrons. The first-order chi connectivity index (χ1) is 10.6. The highest BCUT2D eigenvalue weighted by Gasteiger charge is 2.24. The lowest BCUT2D eigenvalue weighted by Gasteiger charge is -2.20. The number of aromatic nitrogens is 1. The average molecular weight is 303 g/mol. The normalized spacial score (nSPS) is 16.2. The molecule has 1 aromatic carbocycles. The molecule has 5 nitrogen and oxygen atoms in total. The van der Waals surface area contributed by atoms with Gasteiger partial charge in [0.05, 0.1) is 0 Å². The van der Waals surface area contributed by atoms with E-state index in [-0.39, 0.29) is 17.6 Å². The zero-order valence-corrected chi connectivity index (χ0v) is 12.4. The van der Waals surface area contributed by atoms with Crippen LogP contribution in [0, 0.1) is 5.82 Å². The minimum absolute atomic E-state index is 0.0801. The molecule has 1 aliphatic rings. The van der Waals surface area contributed by atoms with E-state index in [1.54, 1.807) is 21.9 Å². The van der Waals surface area contributed by atoms with Gasteiger partial charge in [-0.05, 0) is 31.2 Å². The van der Waals surface area contributed by atoms with Gasteiger partial charge < -0.3 is 14.8 Å². The first-order valence-corrected chi connectivity index (χ1v) is 7.44. The van der Waals surface area contributed by atoms with Crippen LogP contribution in [0.25, 0.3) is 10.9 Å². The van der Waals surface area contributed by atoms with E-state index < -0.39 is 0 Å². The summed E-state index contributed by atoms with van der Waals surface area (Å²) in [5.74, 6) is -0.400. The predicted molar refractivity (Wildman–Crippen MR) is 81.0 cm³/mol. The summed E-state index contributed by atoms with van der Waals surface area (Å²) in [6, 6.07) is 6.03. The Morgan fingerprint density at radius 2 is 2.09 bits per heavy atom. The fourth-order valence-corrected chi connectivity index (χ4v) is 2.79. The Morgan fingerprint density at radius 1 is 1.27 bits per heavy atom. The molecular weight excluding hydrogens is 285 g/mol. The standard InChI is InChI=1S/C16H18FN3O2/c1-2-19-7-8-20(6-5-15(19)21)16(22)14-10-11-9-12(17)3-4-13(11)18-14/h3-4,9-10,18H,2,5-8H2,1H3. The predicted octanol–water partition coefficient (Wildman–Crippen LogP) is 2.00. The van der Waals surface area contributed by atoms with Gasteiger partial charge in [-0.25, -0.2) is 4.39 Å². The van der Waals surface area contributed by atoms with E-state index in [0.29, 0.717) is 43.7 Å². The van der Waals surface area contributed by atoms with Crippen molar-refractivity contribution < 1.29 is 14.0 Å². The van der Waals surface area contributed by atoms with Crippen LogP contribution in [0.3, 0.4) is 0 Å². The maximum absolute atomic E-state index is 13.2. The van der Waals surface area contributed by atoms with E-state index >= 15 is 0 Å². The van der Waals surface area contributed by atoms with Gasteiger partial charge in [0, 0.05) is 43.5 Å². The van der Waals surface area contributed by atoms with Crippen molar-refractivity contribution in [2.75, 3.05) is 26.2 Å².